The summed E-state index contributed by atoms with van der Waals surface area (Å²) in [5, 5.41) is 3.91. The Balaban J connectivity index is 1.79. The highest BCUT2D eigenvalue weighted by molar-refractivity contribution is 6.33. The highest BCUT2D eigenvalue weighted by Gasteiger charge is 2.22. The van der Waals surface area contributed by atoms with Gasteiger partial charge in [0.2, 0.25) is 5.28 Å². The van der Waals surface area contributed by atoms with E-state index in [1.165, 1.54) is 0 Å². The Morgan fingerprint density at radius 2 is 2.09 bits per heavy atom. The fraction of sp³-hybridized carbons (Fsp3) is 0.267. The lowest BCUT2D eigenvalue weighted by atomic mass is 10.3. The molecule has 1 fully saturated rings. The lowest BCUT2D eigenvalue weighted by Crippen LogP contribution is -2.07. The molecule has 1 aliphatic rings. The Bertz CT molecular complexity index is 860. The molecule has 23 heavy (non-hydrogen) atoms. The fourth-order valence-corrected chi connectivity index (χ4v) is 3.01. The summed E-state index contributed by atoms with van der Waals surface area (Å²) in [4.78, 5) is 13.0. The van der Waals surface area contributed by atoms with Gasteiger partial charge in [-0.2, -0.15) is 9.97 Å². The van der Waals surface area contributed by atoms with Crippen LogP contribution in [0.2, 0.25) is 10.3 Å². The highest BCUT2D eigenvalue weighted by atomic mass is 35.5. The summed E-state index contributed by atoms with van der Waals surface area (Å²) in [5.41, 5.74) is 2.01. The molecule has 0 radical (unpaired) electrons. The van der Waals surface area contributed by atoms with Gasteiger partial charge in [-0.3, -0.25) is 4.57 Å². The molecule has 3 aromatic rings. The van der Waals surface area contributed by atoms with Gasteiger partial charge in [0.05, 0.1) is 17.0 Å². The van der Waals surface area contributed by atoms with Crippen LogP contribution in [0.5, 0.6) is 0 Å². The number of nitrogens with zero attached hydrogens (tertiary/aromatic N) is 4. The van der Waals surface area contributed by atoms with E-state index >= 15 is 0 Å². The molecule has 0 spiro atoms. The summed E-state index contributed by atoms with van der Waals surface area (Å²) in [6.45, 7) is 0.744. The average Bonchev–Trinajstić information content (AvgIpc) is 3.18. The molecule has 8 heteroatoms. The van der Waals surface area contributed by atoms with Gasteiger partial charge in [-0.25, -0.2) is 4.98 Å². The van der Waals surface area contributed by atoms with Gasteiger partial charge in [0, 0.05) is 6.61 Å². The maximum Gasteiger partial charge on any atom is 0.226 e. The van der Waals surface area contributed by atoms with Crippen molar-refractivity contribution in [1.29, 1.82) is 0 Å². The van der Waals surface area contributed by atoms with Crippen molar-refractivity contribution < 1.29 is 4.74 Å². The molecule has 0 bridgehead atoms. The van der Waals surface area contributed by atoms with E-state index in [4.69, 9.17) is 27.9 Å². The van der Waals surface area contributed by atoms with Crippen molar-refractivity contribution in [1.82, 2.24) is 19.5 Å². The largest absolute Gasteiger partial charge is 0.358 e. The zero-order valence-electron chi connectivity index (χ0n) is 12.0. The Morgan fingerprint density at radius 1 is 1.22 bits per heavy atom. The van der Waals surface area contributed by atoms with Crippen LogP contribution in [0.25, 0.3) is 11.2 Å². The summed E-state index contributed by atoms with van der Waals surface area (Å²) >= 11 is 12.3. The molecule has 1 aromatic carbocycles. The maximum atomic E-state index is 6.19. The van der Waals surface area contributed by atoms with Crippen LogP contribution in [-0.4, -0.2) is 26.1 Å². The van der Waals surface area contributed by atoms with Gasteiger partial charge >= 0.3 is 0 Å². The van der Waals surface area contributed by atoms with E-state index in [9.17, 15) is 0 Å². The lowest BCUT2D eigenvalue weighted by Gasteiger charge is -2.12. The Labute approximate surface area is 142 Å². The van der Waals surface area contributed by atoms with Crippen LogP contribution in [0.3, 0.4) is 0 Å². The third-order valence-corrected chi connectivity index (χ3v) is 4.24. The zero-order chi connectivity index (χ0) is 15.8. The van der Waals surface area contributed by atoms with Gasteiger partial charge in [0.1, 0.15) is 6.23 Å². The van der Waals surface area contributed by atoms with E-state index in [1.54, 1.807) is 12.4 Å². The van der Waals surface area contributed by atoms with Crippen LogP contribution in [0.4, 0.5) is 11.5 Å². The monoisotopic (exact) mass is 349 g/mol. The Morgan fingerprint density at radius 3 is 2.87 bits per heavy atom. The number of hydrogen-bond acceptors (Lipinski definition) is 5. The Kier molecular flexibility index (Phi) is 3.80. The third-order valence-electron chi connectivity index (χ3n) is 3.74. The van der Waals surface area contributed by atoms with Crippen molar-refractivity contribution in [3.63, 3.8) is 0 Å². The molecule has 118 valence electrons. The minimum absolute atomic E-state index is 0.0564. The number of rotatable bonds is 3. The van der Waals surface area contributed by atoms with Crippen molar-refractivity contribution in [3.05, 3.63) is 40.9 Å². The van der Waals surface area contributed by atoms with Gasteiger partial charge in [-0.05, 0) is 36.6 Å². The van der Waals surface area contributed by atoms with Crippen molar-refractivity contribution >= 4 is 45.9 Å². The van der Waals surface area contributed by atoms with Gasteiger partial charge in [0.25, 0.3) is 0 Å². The topological polar surface area (TPSA) is 64.9 Å². The molecular formula is C15H13Cl2N5O. The number of aromatic nitrogens is 4. The van der Waals surface area contributed by atoms with Gasteiger partial charge in [0.15, 0.2) is 17.0 Å². The predicted molar refractivity (Wildman–Crippen MR) is 89.3 cm³/mol. The summed E-state index contributed by atoms with van der Waals surface area (Å²) in [5.74, 6) is 0.518. The first-order valence-electron chi connectivity index (χ1n) is 7.25. The third kappa shape index (κ3) is 2.73. The second-order valence-corrected chi connectivity index (χ2v) is 5.98. The first kappa shape index (κ1) is 14.7. The SMILES string of the molecule is Clc1nc(Nc2ccccc2Cl)c2ncn(C3CCCO3)c2n1. The number of nitrogens with one attached hydrogen (secondary N) is 1. The first-order chi connectivity index (χ1) is 11.2. The lowest BCUT2D eigenvalue weighted by molar-refractivity contribution is 0.0593. The van der Waals surface area contributed by atoms with E-state index < -0.39 is 0 Å². The van der Waals surface area contributed by atoms with Gasteiger partial charge in [-0.1, -0.05) is 23.7 Å². The minimum Gasteiger partial charge on any atom is -0.358 e. The van der Waals surface area contributed by atoms with Crippen LogP contribution in [0, 0.1) is 0 Å². The number of para-hydroxylation sites is 1. The first-order valence-corrected chi connectivity index (χ1v) is 8.01. The van der Waals surface area contributed by atoms with Crippen molar-refractivity contribution in [2.24, 2.45) is 0 Å². The van der Waals surface area contributed by atoms with Gasteiger partial charge in [-0.15, -0.1) is 0 Å². The number of benzene rings is 1. The smallest absolute Gasteiger partial charge is 0.226 e. The Hall–Kier alpha value is -1.89. The molecule has 1 aliphatic heterocycles. The molecule has 1 unspecified atom stereocenters. The van der Waals surface area contributed by atoms with E-state index in [0.717, 1.165) is 25.1 Å². The number of anilines is 2. The quantitative estimate of drug-likeness (QED) is 0.718. The van der Waals surface area contributed by atoms with E-state index in [-0.39, 0.29) is 11.5 Å². The molecule has 4 rings (SSSR count). The minimum atomic E-state index is -0.0564. The number of fused-ring (bicyclic) bond motifs is 1. The fourth-order valence-electron chi connectivity index (χ4n) is 2.66. The number of imidazole rings is 1. The highest BCUT2D eigenvalue weighted by Crippen LogP contribution is 2.31. The van der Waals surface area contributed by atoms with Crippen LogP contribution in [0.1, 0.15) is 19.1 Å². The predicted octanol–water partition coefficient (Wildman–Crippen LogP) is 4.19. The van der Waals surface area contributed by atoms with Crippen LogP contribution < -0.4 is 5.32 Å². The summed E-state index contributed by atoms with van der Waals surface area (Å²) in [6.07, 6.45) is 3.61. The second kappa shape index (κ2) is 5.96. The molecule has 1 saturated heterocycles. The molecular weight excluding hydrogens is 337 g/mol. The van der Waals surface area contributed by atoms with E-state index in [2.05, 4.69) is 20.3 Å². The molecule has 2 aromatic heterocycles. The summed E-state index contributed by atoms with van der Waals surface area (Å²) in [7, 11) is 0. The standard InChI is InChI=1S/C15H13Cl2N5O/c16-9-4-1-2-5-10(9)19-13-12-14(21-15(17)20-13)22(8-18-12)11-6-3-7-23-11/h1-2,4-5,8,11H,3,6-7H2,(H,19,20,21). The number of hydrogen-bond donors (Lipinski definition) is 1. The molecule has 0 aliphatic carbocycles. The van der Waals surface area contributed by atoms with Crippen LogP contribution >= 0.6 is 23.2 Å². The maximum absolute atomic E-state index is 6.19. The van der Waals surface area contributed by atoms with Crippen molar-refractivity contribution in [2.45, 2.75) is 19.1 Å². The van der Waals surface area contributed by atoms with E-state index in [1.807, 2.05) is 22.8 Å². The zero-order valence-corrected chi connectivity index (χ0v) is 13.6. The normalized spacial score (nSPS) is 17.7. The van der Waals surface area contributed by atoms with E-state index in [0.29, 0.717) is 22.0 Å². The summed E-state index contributed by atoms with van der Waals surface area (Å²) < 4.78 is 7.60. The van der Waals surface area contributed by atoms with Crippen LogP contribution in [-0.2, 0) is 4.74 Å². The molecule has 3 heterocycles. The average molecular weight is 350 g/mol. The molecule has 6 nitrogen and oxygen atoms in total. The molecule has 1 atom stereocenters. The number of halogens is 2. The van der Waals surface area contributed by atoms with Crippen molar-refractivity contribution in [2.75, 3.05) is 11.9 Å². The molecule has 0 amide bonds. The summed E-state index contributed by atoms with van der Waals surface area (Å²) in [6, 6.07) is 7.41. The molecule has 0 saturated carbocycles. The van der Waals surface area contributed by atoms with Crippen molar-refractivity contribution in [3.8, 4) is 0 Å². The molecule has 1 N–H and O–H groups in total. The van der Waals surface area contributed by atoms with Crippen LogP contribution in [0.15, 0.2) is 30.6 Å². The number of ether oxygens (including phenoxy) is 1. The second-order valence-electron chi connectivity index (χ2n) is 5.24. The van der Waals surface area contributed by atoms with Gasteiger partial charge < -0.3 is 10.1 Å².